The first-order chi connectivity index (χ1) is 16.3. The minimum Gasteiger partial charge on any atom is -0.412 e. The van der Waals surface area contributed by atoms with E-state index in [2.05, 4.69) is 20.2 Å². The molecule has 0 fully saturated rings. The summed E-state index contributed by atoms with van der Waals surface area (Å²) in [7, 11) is 0. The molecule has 0 unspecified atom stereocenters. The Morgan fingerprint density at radius 2 is 1.79 bits per heavy atom. The van der Waals surface area contributed by atoms with Crippen molar-refractivity contribution in [2.75, 3.05) is 0 Å². The normalized spacial score (nSPS) is 11.8. The van der Waals surface area contributed by atoms with Crippen molar-refractivity contribution in [3.8, 4) is 11.6 Å². The summed E-state index contributed by atoms with van der Waals surface area (Å²) in [4.78, 5) is 21.0. The van der Waals surface area contributed by atoms with E-state index in [9.17, 15) is 18.0 Å². The number of alkyl halides is 3. The zero-order valence-electron chi connectivity index (χ0n) is 17.1. The second-order valence-electron chi connectivity index (χ2n) is 7.29. The molecule has 3 aromatic heterocycles. The van der Waals surface area contributed by atoms with Gasteiger partial charge in [-0.2, -0.15) is 13.2 Å². The van der Waals surface area contributed by atoms with Crippen molar-refractivity contribution in [3.05, 3.63) is 94.9 Å². The highest BCUT2D eigenvalue weighted by Crippen LogP contribution is 2.39. The molecule has 0 saturated heterocycles. The molecule has 0 aliphatic carbocycles. The quantitative estimate of drug-likeness (QED) is 0.310. The minimum atomic E-state index is -4.84. The highest BCUT2D eigenvalue weighted by atomic mass is 35.5. The van der Waals surface area contributed by atoms with Crippen LogP contribution in [0.15, 0.2) is 71.5 Å². The van der Waals surface area contributed by atoms with Crippen molar-refractivity contribution < 1.29 is 22.4 Å². The highest BCUT2D eigenvalue weighted by molar-refractivity contribution is 6.30. The third-order valence-electron chi connectivity index (χ3n) is 5.14. The van der Waals surface area contributed by atoms with Crippen molar-refractivity contribution in [1.29, 1.82) is 0 Å². The second-order valence-corrected chi connectivity index (χ2v) is 7.72. The molecular formula is C23H13ClF3N5O2. The molecule has 0 atom stereocenters. The summed E-state index contributed by atoms with van der Waals surface area (Å²) >= 11 is 5.91. The Morgan fingerprint density at radius 3 is 2.50 bits per heavy atom. The number of para-hydroxylation sites is 1. The van der Waals surface area contributed by atoms with E-state index in [0.717, 1.165) is 4.57 Å². The zero-order chi connectivity index (χ0) is 23.9. The molecule has 11 heteroatoms. The topological polar surface area (TPSA) is 86.7 Å². The summed E-state index contributed by atoms with van der Waals surface area (Å²) < 4.78 is 49.6. The molecule has 3 heterocycles. The van der Waals surface area contributed by atoms with E-state index < -0.39 is 29.1 Å². The molecule has 0 bridgehead atoms. The monoisotopic (exact) mass is 483 g/mol. The predicted molar refractivity (Wildman–Crippen MR) is 116 cm³/mol. The van der Waals surface area contributed by atoms with Gasteiger partial charge in [-0.1, -0.05) is 41.9 Å². The number of fused-ring (bicyclic) bond motifs is 1. The Morgan fingerprint density at radius 1 is 1.03 bits per heavy atom. The molecule has 0 N–H and O–H groups in total. The molecule has 2 aromatic carbocycles. The average Bonchev–Trinajstić information content (AvgIpc) is 3.44. The standard InChI is InChI=1S/C23H13ClF3N5O2/c24-14-7-5-13(6-8-14)11-32-17-4-2-1-3-15(17)18(20(32)23(25,26)27)19(33)22-31-30-21(34-22)16-9-10-28-12-29-16/h1-10,12H,11H2. The molecule has 0 amide bonds. The van der Waals surface area contributed by atoms with Gasteiger partial charge in [-0.15, -0.1) is 10.2 Å². The molecule has 0 aliphatic rings. The Kier molecular flexibility index (Phi) is 5.37. The predicted octanol–water partition coefficient (Wildman–Crippen LogP) is 5.43. The largest absolute Gasteiger partial charge is 0.432 e. The first-order valence-corrected chi connectivity index (χ1v) is 10.3. The molecule has 0 spiro atoms. The van der Waals surface area contributed by atoms with Crippen LogP contribution in [-0.4, -0.2) is 30.5 Å². The van der Waals surface area contributed by atoms with E-state index in [1.54, 1.807) is 36.4 Å². The number of hydrogen-bond donors (Lipinski definition) is 0. The first-order valence-electron chi connectivity index (χ1n) is 9.90. The van der Waals surface area contributed by atoms with Crippen LogP contribution in [0.5, 0.6) is 0 Å². The van der Waals surface area contributed by atoms with Gasteiger partial charge in [0, 0.05) is 28.7 Å². The number of benzene rings is 2. The lowest BCUT2D eigenvalue weighted by molar-refractivity contribution is -0.143. The zero-order valence-corrected chi connectivity index (χ0v) is 17.9. The number of nitrogens with zero attached hydrogens (tertiary/aromatic N) is 5. The maximum atomic E-state index is 14.4. The van der Waals surface area contributed by atoms with Gasteiger partial charge in [-0.25, -0.2) is 9.97 Å². The van der Waals surface area contributed by atoms with Gasteiger partial charge < -0.3 is 8.98 Å². The summed E-state index contributed by atoms with van der Waals surface area (Å²) in [5.41, 5.74) is -0.602. The fraction of sp³-hybridized carbons (Fsp3) is 0.0870. The Labute approximate surface area is 194 Å². The highest BCUT2D eigenvalue weighted by Gasteiger charge is 2.42. The smallest absolute Gasteiger partial charge is 0.412 e. The van der Waals surface area contributed by atoms with E-state index >= 15 is 0 Å². The number of aromatic nitrogens is 5. The molecule has 0 saturated carbocycles. The number of ketones is 1. The third-order valence-corrected chi connectivity index (χ3v) is 5.39. The second kappa shape index (κ2) is 8.38. The molecule has 170 valence electrons. The summed E-state index contributed by atoms with van der Waals surface area (Å²) in [6, 6.07) is 14.1. The first kappa shape index (κ1) is 21.8. The average molecular weight is 484 g/mol. The van der Waals surface area contributed by atoms with Gasteiger partial charge in [-0.05, 0) is 29.8 Å². The summed E-state index contributed by atoms with van der Waals surface area (Å²) in [6.45, 7) is -0.129. The fourth-order valence-electron chi connectivity index (χ4n) is 3.71. The van der Waals surface area contributed by atoms with Crippen LogP contribution in [0.4, 0.5) is 13.2 Å². The van der Waals surface area contributed by atoms with Crippen molar-refractivity contribution in [1.82, 2.24) is 24.7 Å². The molecular weight excluding hydrogens is 471 g/mol. The van der Waals surface area contributed by atoms with Gasteiger partial charge in [0.25, 0.3) is 17.6 Å². The molecule has 34 heavy (non-hydrogen) atoms. The van der Waals surface area contributed by atoms with E-state index in [-0.39, 0.29) is 29.0 Å². The molecule has 5 rings (SSSR count). The number of hydrogen-bond acceptors (Lipinski definition) is 6. The van der Waals surface area contributed by atoms with Gasteiger partial charge in [0.05, 0.1) is 5.56 Å². The van der Waals surface area contributed by atoms with Crippen molar-refractivity contribution in [3.63, 3.8) is 0 Å². The summed E-state index contributed by atoms with van der Waals surface area (Å²) in [6.07, 6.45) is -2.17. The van der Waals surface area contributed by atoms with E-state index in [1.165, 1.54) is 30.7 Å². The Bertz CT molecular complexity index is 1500. The Balaban J connectivity index is 1.67. The van der Waals surface area contributed by atoms with Gasteiger partial charge >= 0.3 is 6.18 Å². The van der Waals surface area contributed by atoms with E-state index in [4.69, 9.17) is 16.0 Å². The van der Waals surface area contributed by atoms with Crippen LogP contribution in [0.3, 0.4) is 0 Å². The van der Waals surface area contributed by atoms with Crippen molar-refractivity contribution in [2.45, 2.75) is 12.7 Å². The number of rotatable bonds is 5. The SMILES string of the molecule is O=C(c1nnc(-c2ccncn2)o1)c1c(C(F)(F)F)n(Cc2ccc(Cl)cc2)c2ccccc12. The van der Waals surface area contributed by atoms with Crippen molar-refractivity contribution in [2.24, 2.45) is 0 Å². The molecule has 5 aromatic rings. The lowest BCUT2D eigenvalue weighted by Crippen LogP contribution is -2.19. The van der Waals surface area contributed by atoms with Crippen LogP contribution in [0.1, 0.15) is 27.5 Å². The number of carbonyl (C=O) groups excluding carboxylic acids is 1. The lowest BCUT2D eigenvalue weighted by atomic mass is 10.1. The Hall–Kier alpha value is -4.05. The van der Waals surface area contributed by atoms with Crippen molar-refractivity contribution >= 4 is 28.3 Å². The van der Waals surface area contributed by atoms with Gasteiger partial charge in [-0.3, -0.25) is 4.79 Å². The van der Waals surface area contributed by atoms with Crippen LogP contribution in [-0.2, 0) is 12.7 Å². The van der Waals surface area contributed by atoms with Gasteiger partial charge in [0.2, 0.25) is 0 Å². The van der Waals surface area contributed by atoms with Crippen LogP contribution >= 0.6 is 11.6 Å². The van der Waals surface area contributed by atoms with Gasteiger partial charge in [0.15, 0.2) is 0 Å². The van der Waals surface area contributed by atoms with E-state index in [0.29, 0.717) is 10.6 Å². The molecule has 0 aliphatic heterocycles. The van der Waals surface area contributed by atoms with E-state index in [1.807, 2.05) is 0 Å². The van der Waals surface area contributed by atoms with Gasteiger partial charge in [0.1, 0.15) is 17.7 Å². The van der Waals surface area contributed by atoms with Crippen LogP contribution in [0.2, 0.25) is 5.02 Å². The number of halogens is 4. The summed E-state index contributed by atoms with van der Waals surface area (Å²) in [5.74, 6) is -1.72. The summed E-state index contributed by atoms with van der Waals surface area (Å²) in [5, 5.41) is 8.03. The maximum absolute atomic E-state index is 14.4. The maximum Gasteiger partial charge on any atom is 0.432 e. The minimum absolute atomic E-state index is 0.107. The molecule has 0 radical (unpaired) electrons. The van der Waals surface area contributed by atoms with Crippen LogP contribution in [0.25, 0.3) is 22.5 Å². The van der Waals surface area contributed by atoms with Crippen LogP contribution in [0, 0.1) is 0 Å². The lowest BCUT2D eigenvalue weighted by Gasteiger charge is -2.14. The third kappa shape index (κ3) is 3.92. The fourth-order valence-corrected chi connectivity index (χ4v) is 3.83. The van der Waals surface area contributed by atoms with Crippen LogP contribution < -0.4 is 0 Å². The number of carbonyl (C=O) groups is 1. The molecule has 7 nitrogen and oxygen atoms in total.